The molecule has 0 aliphatic carbocycles. The number of carbonyl (C=O) groups excluding carboxylic acids is 2. The average molecular weight is 564 g/mol. The number of anilines is 4. The summed E-state index contributed by atoms with van der Waals surface area (Å²) in [5.41, 5.74) is 2.10. The van der Waals surface area contributed by atoms with Gasteiger partial charge in [0.1, 0.15) is 5.75 Å². The van der Waals surface area contributed by atoms with Crippen molar-refractivity contribution in [1.29, 1.82) is 0 Å². The Labute approximate surface area is 229 Å². The van der Waals surface area contributed by atoms with Crippen molar-refractivity contribution < 1.29 is 14.3 Å². The van der Waals surface area contributed by atoms with Gasteiger partial charge in [0.15, 0.2) is 5.82 Å². The molecule has 37 heavy (non-hydrogen) atoms. The topological polar surface area (TPSA) is 98.8 Å². The summed E-state index contributed by atoms with van der Waals surface area (Å²) in [7, 11) is 0. The summed E-state index contributed by atoms with van der Waals surface area (Å²) in [5, 5.41) is 9.47. The molecule has 0 atom stereocenters. The lowest BCUT2D eigenvalue weighted by molar-refractivity contribution is 0.208. The molecule has 4 amide bonds. The predicted octanol–water partition coefficient (Wildman–Crippen LogP) is 6.44. The van der Waals surface area contributed by atoms with Gasteiger partial charge >= 0.3 is 12.1 Å². The van der Waals surface area contributed by atoms with Gasteiger partial charge in [0.2, 0.25) is 0 Å². The first-order valence-electron chi connectivity index (χ1n) is 11.5. The molecule has 0 spiro atoms. The zero-order chi connectivity index (χ0) is 26.4. The first-order chi connectivity index (χ1) is 17.8. The highest BCUT2D eigenvalue weighted by Gasteiger charge is 2.22. The van der Waals surface area contributed by atoms with E-state index in [4.69, 9.17) is 39.5 Å². The van der Waals surface area contributed by atoms with Gasteiger partial charge < -0.3 is 25.2 Å². The third-order valence-electron chi connectivity index (χ3n) is 5.58. The van der Waals surface area contributed by atoms with Crippen molar-refractivity contribution >= 4 is 69.7 Å². The van der Waals surface area contributed by atoms with Gasteiger partial charge in [-0.3, -0.25) is 5.32 Å². The number of piperazine rings is 1. The minimum absolute atomic E-state index is 0.269. The maximum absolute atomic E-state index is 12.6. The fourth-order valence-electron chi connectivity index (χ4n) is 3.78. The standard InChI is InChI=1S/C25H25Cl3N6O3/c1-2-37-22-8-3-16(26)14-21(22)31-24(35)30-18-4-6-19(7-5-18)33-9-11-34(12-10-33)25(36)32-23-20(28)13-17(27)15-29-23/h3-8,13-15H,2,9-12H2,1H3,(H,29,32,36)(H2,30,31,35). The van der Waals surface area contributed by atoms with Crippen LogP contribution in [0, 0.1) is 0 Å². The van der Waals surface area contributed by atoms with Gasteiger partial charge in [-0.05, 0) is 55.5 Å². The van der Waals surface area contributed by atoms with Gasteiger partial charge in [0.25, 0.3) is 0 Å². The molecule has 1 fully saturated rings. The van der Waals surface area contributed by atoms with Crippen LogP contribution in [0.1, 0.15) is 6.92 Å². The van der Waals surface area contributed by atoms with E-state index in [1.54, 1.807) is 23.1 Å². The van der Waals surface area contributed by atoms with E-state index >= 15 is 0 Å². The number of carbonyl (C=O) groups is 2. The van der Waals surface area contributed by atoms with Crippen molar-refractivity contribution in [2.45, 2.75) is 6.92 Å². The molecule has 4 rings (SSSR count). The largest absolute Gasteiger partial charge is 0.492 e. The minimum atomic E-state index is -0.411. The van der Waals surface area contributed by atoms with E-state index in [0.717, 1.165) is 5.69 Å². The van der Waals surface area contributed by atoms with Crippen LogP contribution in [0.15, 0.2) is 54.7 Å². The van der Waals surface area contributed by atoms with E-state index in [0.29, 0.717) is 60.0 Å². The number of aromatic nitrogens is 1. The highest BCUT2D eigenvalue weighted by Crippen LogP contribution is 2.28. The van der Waals surface area contributed by atoms with Gasteiger partial charge in [-0.15, -0.1) is 0 Å². The summed E-state index contributed by atoms with van der Waals surface area (Å²) in [5.74, 6) is 0.813. The lowest BCUT2D eigenvalue weighted by atomic mass is 10.2. The number of rotatable bonds is 6. The number of nitrogens with one attached hydrogen (secondary N) is 3. The molecule has 2 heterocycles. The predicted molar refractivity (Wildman–Crippen MR) is 149 cm³/mol. The van der Waals surface area contributed by atoms with Crippen molar-refractivity contribution in [2.24, 2.45) is 0 Å². The molecule has 3 aromatic rings. The van der Waals surface area contributed by atoms with Crippen molar-refractivity contribution in [2.75, 3.05) is 53.6 Å². The zero-order valence-corrected chi connectivity index (χ0v) is 22.2. The summed E-state index contributed by atoms with van der Waals surface area (Å²) in [6, 6.07) is 13.4. The molecular weight excluding hydrogens is 539 g/mol. The lowest BCUT2D eigenvalue weighted by Gasteiger charge is -2.36. The molecule has 1 aromatic heterocycles. The Morgan fingerprint density at radius 1 is 0.919 bits per heavy atom. The highest BCUT2D eigenvalue weighted by atomic mass is 35.5. The molecule has 1 saturated heterocycles. The fraction of sp³-hybridized carbons (Fsp3) is 0.240. The van der Waals surface area contributed by atoms with Crippen LogP contribution in [0.3, 0.4) is 0 Å². The fourth-order valence-corrected chi connectivity index (χ4v) is 4.38. The number of amides is 4. The number of ether oxygens (including phenoxy) is 1. The number of pyridine rings is 1. The molecular formula is C25H25Cl3N6O3. The van der Waals surface area contributed by atoms with Crippen LogP contribution < -0.4 is 25.6 Å². The smallest absolute Gasteiger partial charge is 0.323 e. The van der Waals surface area contributed by atoms with E-state index in [2.05, 4.69) is 25.8 Å². The average Bonchev–Trinajstić information content (AvgIpc) is 2.88. The molecule has 1 aliphatic rings. The first-order valence-corrected chi connectivity index (χ1v) is 12.7. The molecule has 0 unspecified atom stereocenters. The molecule has 0 saturated carbocycles. The highest BCUT2D eigenvalue weighted by molar-refractivity contribution is 6.36. The van der Waals surface area contributed by atoms with Crippen LogP contribution >= 0.6 is 34.8 Å². The Bertz CT molecular complexity index is 1270. The molecule has 3 N–H and O–H groups in total. The third kappa shape index (κ3) is 7.09. The molecule has 9 nitrogen and oxygen atoms in total. The van der Waals surface area contributed by atoms with Crippen LogP contribution in [0.5, 0.6) is 5.75 Å². The van der Waals surface area contributed by atoms with Gasteiger partial charge in [-0.2, -0.15) is 0 Å². The summed E-state index contributed by atoms with van der Waals surface area (Å²) in [6.45, 7) is 4.69. The van der Waals surface area contributed by atoms with Crippen molar-refractivity contribution in [3.63, 3.8) is 0 Å². The van der Waals surface area contributed by atoms with E-state index in [9.17, 15) is 9.59 Å². The number of hydrogen-bond donors (Lipinski definition) is 3. The summed E-state index contributed by atoms with van der Waals surface area (Å²) < 4.78 is 5.54. The van der Waals surface area contributed by atoms with Crippen molar-refractivity contribution in [1.82, 2.24) is 9.88 Å². The Hall–Kier alpha value is -3.40. The number of urea groups is 2. The van der Waals surface area contributed by atoms with Gasteiger partial charge in [-0.1, -0.05) is 34.8 Å². The Morgan fingerprint density at radius 2 is 1.65 bits per heavy atom. The quantitative estimate of drug-likeness (QED) is 0.321. The maximum Gasteiger partial charge on any atom is 0.323 e. The monoisotopic (exact) mass is 562 g/mol. The number of nitrogens with zero attached hydrogens (tertiary/aromatic N) is 3. The first kappa shape index (κ1) is 26.7. The Morgan fingerprint density at radius 3 is 2.32 bits per heavy atom. The second-order valence-corrected chi connectivity index (χ2v) is 9.37. The molecule has 2 aromatic carbocycles. The summed E-state index contributed by atoms with van der Waals surface area (Å²) >= 11 is 18.0. The molecule has 12 heteroatoms. The number of halogens is 3. The maximum atomic E-state index is 12.6. The number of benzene rings is 2. The van der Waals surface area contributed by atoms with Crippen molar-refractivity contribution in [3.8, 4) is 5.75 Å². The molecule has 194 valence electrons. The Balaban J connectivity index is 1.28. The van der Waals surface area contributed by atoms with Crippen molar-refractivity contribution in [3.05, 3.63) is 69.8 Å². The van der Waals surface area contributed by atoms with E-state index in [-0.39, 0.29) is 16.9 Å². The van der Waals surface area contributed by atoms with Gasteiger partial charge in [-0.25, -0.2) is 14.6 Å². The van der Waals surface area contributed by atoms with Crippen LogP contribution in [-0.2, 0) is 0 Å². The van der Waals surface area contributed by atoms with Crippen LogP contribution in [-0.4, -0.2) is 54.7 Å². The SMILES string of the molecule is CCOc1ccc(Cl)cc1NC(=O)Nc1ccc(N2CCN(C(=O)Nc3ncc(Cl)cc3Cl)CC2)cc1. The normalized spacial score (nSPS) is 13.2. The van der Waals surface area contributed by atoms with E-state index < -0.39 is 6.03 Å². The van der Waals surface area contributed by atoms with Crippen LogP contribution in [0.25, 0.3) is 0 Å². The second-order valence-electron chi connectivity index (χ2n) is 8.09. The lowest BCUT2D eigenvalue weighted by Crippen LogP contribution is -2.50. The van der Waals surface area contributed by atoms with Crippen LogP contribution in [0.4, 0.5) is 32.5 Å². The summed E-state index contributed by atoms with van der Waals surface area (Å²) in [6.07, 6.45) is 1.43. The second kappa shape index (κ2) is 12.2. The summed E-state index contributed by atoms with van der Waals surface area (Å²) in [4.78, 5) is 33.1. The molecule has 0 bridgehead atoms. The third-order valence-corrected chi connectivity index (χ3v) is 6.31. The zero-order valence-electron chi connectivity index (χ0n) is 19.9. The van der Waals surface area contributed by atoms with Crippen LogP contribution in [0.2, 0.25) is 15.1 Å². The number of hydrogen-bond acceptors (Lipinski definition) is 5. The molecule has 0 radical (unpaired) electrons. The van der Waals surface area contributed by atoms with E-state index in [1.807, 2.05) is 31.2 Å². The van der Waals surface area contributed by atoms with Gasteiger partial charge in [0.05, 0.1) is 22.3 Å². The van der Waals surface area contributed by atoms with E-state index in [1.165, 1.54) is 12.3 Å². The Kier molecular flexibility index (Phi) is 8.81. The minimum Gasteiger partial charge on any atom is -0.492 e. The van der Waals surface area contributed by atoms with Gasteiger partial charge in [0, 0.05) is 48.8 Å². The molecule has 1 aliphatic heterocycles.